The number of hydrogen-bond donors (Lipinski definition) is 10. The lowest BCUT2D eigenvalue weighted by molar-refractivity contribution is -0.142. The molecular formula is C24H35N7O17P2. The summed E-state index contributed by atoms with van der Waals surface area (Å²) in [6.07, 6.45) is -6.67. The SMILES string of the molecule is CC(=O)C(O)O.NC(=O)C1=CN([C@@H]2O[C@H](COP(=O)(O)OP(=O)(O)OC[C@H]3O[C@@H](n4cnc5c(N)ncnc54)[C@H](O)[C@@H]3O)[C@@H](O)[C@H]2O)C=CC1. The molecule has 50 heavy (non-hydrogen) atoms. The average Bonchev–Trinajstić information content (AvgIpc) is 3.69. The van der Waals surface area contributed by atoms with Crippen molar-refractivity contribution >= 4 is 44.3 Å². The van der Waals surface area contributed by atoms with E-state index in [1.165, 1.54) is 28.2 Å². The normalized spacial score (nSPS) is 30.4. The maximum absolute atomic E-state index is 12.4. The Morgan fingerprint density at radius 3 is 2.04 bits per heavy atom. The highest BCUT2D eigenvalue weighted by Crippen LogP contribution is 2.60. The molecule has 12 N–H and O–H groups in total. The van der Waals surface area contributed by atoms with Gasteiger partial charge in [0.15, 0.2) is 29.7 Å². The Balaban J connectivity index is 0.000000860. The summed E-state index contributed by atoms with van der Waals surface area (Å²) < 4.78 is 50.8. The molecule has 1 amide bonds. The summed E-state index contributed by atoms with van der Waals surface area (Å²) in [5, 5.41) is 57.3. The number of aliphatic hydroxyl groups excluding tert-OH is 5. The molecule has 0 radical (unpaired) electrons. The fourth-order valence-electron chi connectivity index (χ4n) is 4.68. The third kappa shape index (κ3) is 9.33. The maximum Gasteiger partial charge on any atom is 0.481 e. The number of carbonyl (C=O) groups is 2. The summed E-state index contributed by atoms with van der Waals surface area (Å²) in [5.74, 6) is -1.29. The molecule has 26 heteroatoms. The van der Waals surface area contributed by atoms with E-state index in [4.69, 9.17) is 40.2 Å². The number of Topliss-reactive ketones (excluding diaryl/α,β-unsaturated/α-hetero) is 1. The molecule has 3 aliphatic rings. The number of aliphatic hydroxyl groups is 6. The van der Waals surface area contributed by atoms with Crippen molar-refractivity contribution in [3.63, 3.8) is 0 Å². The number of anilines is 1. The van der Waals surface area contributed by atoms with Crippen LogP contribution in [0.15, 0.2) is 36.7 Å². The zero-order valence-electron chi connectivity index (χ0n) is 25.7. The zero-order chi connectivity index (χ0) is 37.1. The minimum atomic E-state index is -5.37. The van der Waals surface area contributed by atoms with Crippen LogP contribution in [0.4, 0.5) is 5.82 Å². The van der Waals surface area contributed by atoms with Crippen molar-refractivity contribution in [2.75, 3.05) is 18.9 Å². The molecule has 0 aliphatic carbocycles. The number of aromatic nitrogens is 4. The molecule has 10 atom stereocenters. The van der Waals surface area contributed by atoms with Crippen LogP contribution in [0.2, 0.25) is 0 Å². The van der Waals surface area contributed by atoms with Gasteiger partial charge in [0, 0.05) is 18.0 Å². The van der Waals surface area contributed by atoms with E-state index in [0.29, 0.717) is 0 Å². The highest BCUT2D eigenvalue weighted by molar-refractivity contribution is 7.61. The largest absolute Gasteiger partial charge is 0.481 e. The lowest BCUT2D eigenvalue weighted by Gasteiger charge is -2.28. The first-order valence-corrected chi connectivity index (χ1v) is 17.2. The number of amides is 1. The quantitative estimate of drug-likeness (QED) is 0.0733. The van der Waals surface area contributed by atoms with Crippen LogP contribution in [0.3, 0.4) is 0 Å². The number of ether oxygens (including phenoxy) is 2. The zero-order valence-corrected chi connectivity index (χ0v) is 27.5. The predicted octanol–water partition coefficient (Wildman–Crippen LogP) is -3.80. The molecule has 0 saturated carbocycles. The summed E-state index contributed by atoms with van der Waals surface area (Å²) >= 11 is 0. The van der Waals surface area contributed by atoms with Gasteiger partial charge in [-0.15, -0.1) is 0 Å². The molecular weight excluding hydrogens is 720 g/mol. The first-order chi connectivity index (χ1) is 23.3. The number of imidazole rings is 1. The lowest BCUT2D eigenvalue weighted by atomic mass is 10.1. The Kier molecular flexibility index (Phi) is 12.6. The van der Waals surface area contributed by atoms with Crippen LogP contribution in [0, 0.1) is 0 Å². The molecule has 2 aromatic heterocycles. The number of ketones is 1. The highest BCUT2D eigenvalue weighted by atomic mass is 31.3. The number of allylic oxidation sites excluding steroid dienone is 1. The number of primary amides is 1. The van der Waals surface area contributed by atoms with Crippen molar-refractivity contribution in [1.82, 2.24) is 24.4 Å². The summed E-state index contributed by atoms with van der Waals surface area (Å²) in [7, 11) is -10.7. The van der Waals surface area contributed by atoms with Crippen LogP contribution in [0.1, 0.15) is 19.6 Å². The van der Waals surface area contributed by atoms with Gasteiger partial charge in [-0.2, -0.15) is 4.31 Å². The van der Waals surface area contributed by atoms with E-state index < -0.39 is 95.9 Å². The average molecular weight is 756 g/mol. The van der Waals surface area contributed by atoms with Crippen LogP contribution in [0.25, 0.3) is 11.2 Å². The number of rotatable bonds is 12. The smallest absolute Gasteiger partial charge is 0.387 e. The van der Waals surface area contributed by atoms with E-state index in [9.17, 15) is 48.9 Å². The first-order valence-electron chi connectivity index (χ1n) is 14.2. The van der Waals surface area contributed by atoms with E-state index in [2.05, 4.69) is 19.3 Å². The second kappa shape index (κ2) is 15.9. The molecule has 2 saturated heterocycles. The Morgan fingerprint density at radius 1 is 0.960 bits per heavy atom. The van der Waals surface area contributed by atoms with Gasteiger partial charge in [-0.1, -0.05) is 6.08 Å². The van der Waals surface area contributed by atoms with E-state index in [1.807, 2.05) is 0 Å². The summed E-state index contributed by atoms with van der Waals surface area (Å²) in [4.78, 5) is 54.3. The van der Waals surface area contributed by atoms with Gasteiger partial charge in [-0.25, -0.2) is 24.1 Å². The number of fused-ring (bicyclic) bond motifs is 1. The highest BCUT2D eigenvalue weighted by Gasteiger charge is 2.48. The Labute approximate surface area is 281 Å². The summed E-state index contributed by atoms with van der Waals surface area (Å²) in [6.45, 7) is -0.683. The maximum atomic E-state index is 12.4. The van der Waals surface area contributed by atoms with Crippen LogP contribution in [-0.4, -0.2) is 139 Å². The van der Waals surface area contributed by atoms with Gasteiger partial charge in [0.1, 0.15) is 48.5 Å². The van der Waals surface area contributed by atoms with E-state index in [1.54, 1.807) is 6.08 Å². The van der Waals surface area contributed by atoms with Crippen molar-refractivity contribution in [3.05, 3.63) is 36.7 Å². The second-order valence-corrected chi connectivity index (χ2v) is 13.9. The molecule has 5 rings (SSSR count). The molecule has 2 aromatic rings. The number of nitrogens with two attached hydrogens (primary N) is 2. The fourth-order valence-corrected chi connectivity index (χ4v) is 6.77. The Hall–Kier alpha value is -3.29. The monoisotopic (exact) mass is 755 g/mol. The topological polar surface area (TPSA) is 375 Å². The summed E-state index contributed by atoms with van der Waals surface area (Å²) in [5.41, 5.74) is 11.6. The van der Waals surface area contributed by atoms with Crippen LogP contribution in [-0.2, 0) is 41.6 Å². The number of carbonyl (C=O) groups excluding carboxylic acids is 2. The number of nitrogens with zero attached hydrogens (tertiary/aromatic N) is 5. The van der Waals surface area contributed by atoms with E-state index in [-0.39, 0.29) is 29.0 Å². The fraction of sp³-hybridized carbons (Fsp3) is 0.542. The van der Waals surface area contributed by atoms with Crippen molar-refractivity contribution in [3.8, 4) is 0 Å². The van der Waals surface area contributed by atoms with Crippen molar-refractivity contribution in [2.24, 2.45) is 5.73 Å². The number of phosphoric acid groups is 2. The molecule has 5 heterocycles. The van der Waals surface area contributed by atoms with Gasteiger partial charge in [0.2, 0.25) is 12.2 Å². The van der Waals surface area contributed by atoms with Gasteiger partial charge < -0.3 is 66.3 Å². The van der Waals surface area contributed by atoms with Crippen LogP contribution in [0.5, 0.6) is 0 Å². The van der Waals surface area contributed by atoms with Gasteiger partial charge >= 0.3 is 15.6 Å². The van der Waals surface area contributed by atoms with Gasteiger partial charge in [-0.3, -0.25) is 23.2 Å². The minimum Gasteiger partial charge on any atom is -0.387 e. The molecule has 278 valence electrons. The van der Waals surface area contributed by atoms with Gasteiger partial charge in [0.05, 0.1) is 19.5 Å². The molecule has 2 unspecified atom stereocenters. The molecule has 24 nitrogen and oxygen atoms in total. The molecule has 0 bridgehead atoms. The summed E-state index contributed by atoms with van der Waals surface area (Å²) in [6, 6.07) is 0. The molecule has 0 aromatic carbocycles. The van der Waals surface area contributed by atoms with Gasteiger partial charge in [0.25, 0.3) is 0 Å². The Morgan fingerprint density at radius 2 is 1.50 bits per heavy atom. The second-order valence-electron chi connectivity index (χ2n) is 10.8. The molecule has 2 fully saturated rings. The third-order valence-electron chi connectivity index (χ3n) is 7.24. The molecule has 0 spiro atoms. The van der Waals surface area contributed by atoms with Crippen LogP contribution >= 0.6 is 15.6 Å². The lowest BCUT2D eigenvalue weighted by Crippen LogP contribution is -2.40. The van der Waals surface area contributed by atoms with Crippen molar-refractivity contribution in [1.29, 1.82) is 0 Å². The van der Waals surface area contributed by atoms with Crippen molar-refractivity contribution < 1.29 is 82.0 Å². The molecule has 3 aliphatic heterocycles. The third-order valence-corrected chi connectivity index (χ3v) is 9.84. The van der Waals surface area contributed by atoms with E-state index >= 15 is 0 Å². The van der Waals surface area contributed by atoms with Crippen molar-refractivity contribution in [2.45, 2.75) is 68.7 Å². The first kappa shape index (κ1) is 39.5. The van der Waals surface area contributed by atoms with Crippen LogP contribution < -0.4 is 11.5 Å². The number of hydrogen-bond acceptors (Lipinski definition) is 20. The number of nitrogen functional groups attached to an aromatic ring is 1. The standard InChI is InChI=1S/C21H29N7O14P2.C3H6O3/c22-17-12-19(25-7-24-17)28(8-26-12)21-16(32)14(30)11(41-21)6-39-44(36,37)42-43(34,35)38-5-10-13(29)15(31)20(40-10)27-3-1-2-9(4-27)18(23)33;1-2(4)3(5)6/h1,3-4,7-8,10-11,13-16,20-21,29-32H,2,5-6H2,(H2,23,33)(H,34,35)(H,36,37)(H2,22,24,25);3,5-6H,1H3/t10-,11-,13-,14-,15-,16-,20-,21-;/m1./s1. The Bertz CT molecular complexity index is 1710. The predicted molar refractivity (Wildman–Crippen MR) is 161 cm³/mol. The van der Waals surface area contributed by atoms with Gasteiger partial charge in [-0.05, 0) is 13.3 Å². The van der Waals surface area contributed by atoms with E-state index in [0.717, 1.165) is 13.3 Å². The number of phosphoric ester groups is 2. The minimum absolute atomic E-state index is 0.0517.